The first-order chi connectivity index (χ1) is 7.13. The van der Waals surface area contributed by atoms with Gasteiger partial charge in [0.25, 0.3) is 0 Å². The fourth-order valence-electron chi connectivity index (χ4n) is 2.40. The molecular weight excluding hydrogens is 186 g/mol. The van der Waals surface area contributed by atoms with Crippen LogP contribution in [0.5, 0.6) is 0 Å². The Labute approximate surface area is 91.6 Å². The van der Waals surface area contributed by atoms with Crippen molar-refractivity contribution >= 4 is 5.69 Å². The van der Waals surface area contributed by atoms with Crippen LogP contribution in [0.15, 0.2) is 12.1 Å². The average Bonchev–Trinajstić information content (AvgIpc) is 2.22. The summed E-state index contributed by atoms with van der Waals surface area (Å²) in [7, 11) is 1.80. The molecule has 0 radical (unpaired) electrons. The van der Waals surface area contributed by atoms with Gasteiger partial charge >= 0.3 is 0 Å². The van der Waals surface area contributed by atoms with Crippen LogP contribution >= 0.6 is 0 Å². The Kier molecular flexibility index (Phi) is 2.70. The van der Waals surface area contributed by atoms with Crippen molar-refractivity contribution in [3.05, 3.63) is 28.8 Å². The first-order valence-electron chi connectivity index (χ1n) is 5.53. The minimum atomic E-state index is 0.246. The third-order valence-corrected chi connectivity index (χ3v) is 3.24. The highest BCUT2D eigenvalue weighted by Gasteiger charge is 2.26. The van der Waals surface area contributed by atoms with Gasteiger partial charge in [-0.2, -0.15) is 0 Å². The number of ether oxygens (including phenoxy) is 1. The summed E-state index contributed by atoms with van der Waals surface area (Å²) >= 11 is 0. The third-order valence-electron chi connectivity index (χ3n) is 3.24. The molecule has 0 amide bonds. The lowest BCUT2D eigenvalue weighted by Gasteiger charge is -2.33. The van der Waals surface area contributed by atoms with Gasteiger partial charge in [-0.05, 0) is 38.3 Å². The summed E-state index contributed by atoms with van der Waals surface area (Å²) in [5, 5.41) is 3.55. The topological polar surface area (TPSA) is 21.3 Å². The van der Waals surface area contributed by atoms with E-state index in [1.807, 2.05) is 0 Å². The van der Waals surface area contributed by atoms with Crippen LogP contribution in [0.2, 0.25) is 0 Å². The predicted octanol–water partition coefficient (Wildman–Crippen LogP) is 3.20. The smallest absolute Gasteiger partial charge is 0.0863 e. The van der Waals surface area contributed by atoms with Crippen LogP contribution in [-0.4, -0.2) is 13.2 Å². The second-order valence-corrected chi connectivity index (χ2v) is 4.49. The molecular formula is C13H19NO. The van der Waals surface area contributed by atoms with E-state index in [2.05, 4.69) is 38.2 Å². The Balaban J connectivity index is 2.54. The molecule has 0 aromatic heterocycles. The maximum absolute atomic E-state index is 5.58. The molecule has 15 heavy (non-hydrogen) atoms. The largest absolute Gasteiger partial charge is 0.382 e. The van der Waals surface area contributed by atoms with E-state index < -0.39 is 0 Å². The lowest BCUT2D eigenvalue weighted by Crippen LogP contribution is -2.27. The second kappa shape index (κ2) is 3.86. The summed E-state index contributed by atoms with van der Waals surface area (Å²) in [5.74, 6) is 0. The molecule has 0 bridgehead atoms. The van der Waals surface area contributed by atoms with Crippen molar-refractivity contribution in [1.82, 2.24) is 0 Å². The van der Waals surface area contributed by atoms with Gasteiger partial charge in [0.15, 0.2) is 0 Å². The first kappa shape index (κ1) is 10.5. The molecule has 0 aliphatic carbocycles. The minimum absolute atomic E-state index is 0.246. The number of fused-ring (bicyclic) bond motifs is 1. The van der Waals surface area contributed by atoms with Gasteiger partial charge in [0, 0.05) is 24.4 Å². The molecule has 1 aliphatic rings. The Bertz CT molecular complexity index is 373. The highest BCUT2D eigenvalue weighted by atomic mass is 16.5. The Morgan fingerprint density at radius 3 is 2.60 bits per heavy atom. The quantitative estimate of drug-likeness (QED) is 0.760. The van der Waals surface area contributed by atoms with Crippen LogP contribution in [0.4, 0.5) is 5.69 Å². The molecule has 1 aromatic carbocycles. The van der Waals surface area contributed by atoms with Gasteiger partial charge in [-0.25, -0.2) is 0 Å². The summed E-state index contributed by atoms with van der Waals surface area (Å²) in [6.07, 6.45) is 1.30. The van der Waals surface area contributed by atoms with E-state index in [1.54, 1.807) is 7.11 Å². The molecule has 2 atom stereocenters. The number of nitrogens with one attached hydrogen (secondary N) is 1. The SMILES string of the molecule is COC1CC(C)Nc2c(C)ccc(C)c21. The Morgan fingerprint density at radius 2 is 1.93 bits per heavy atom. The van der Waals surface area contributed by atoms with Gasteiger partial charge < -0.3 is 10.1 Å². The van der Waals surface area contributed by atoms with Crippen molar-refractivity contribution in [3.8, 4) is 0 Å². The van der Waals surface area contributed by atoms with E-state index in [4.69, 9.17) is 4.74 Å². The zero-order valence-electron chi connectivity index (χ0n) is 9.92. The summed E-state index contributed by atoms with van der Waals surface area (Å²) in [6, 6.07) is 4.84. The summed E-state index contributed by atoms with van der Waals surface area (Å²) in [4.78, 5) is 0. The van der Waals surface area contributed by atoms with E-state index >= 15 is 0 Å². The monoisotopic (exact) mass is 205 g/mol. The van der Waals surface area contributed by atoms with Gasteiger partial charge in [-0.15, -0.1) is 0 Å². The fraction of sp³-hybridized carbons (Fsp3) is 0.538. The van der Waals surface area contributed by atoms with Gasteiger partial charge in [0.05, 0.1) is 6.10 Å². The average molecular weight is 205 g/mol. The van der Waals surface area contributed by atoms with Crippen LogP contribution in [0.25, 0.3) is 0 Å². The predicted molar refractivity (Wildman–Crippen MR) is 63.4 cm³/mol. The Morgan fingerprint density at radius 1 is 1.27 bits per heavy atom. The molecule has 0 saturated carbocycles. The van der Waals surface area contributed by atoms with Crippen molar-refractivity contribution in [3.63, 3.8) is 0 Å². The molecule has 1 N–H and O–H groups in total. The molecule has 1 aliphatic heterocycles. The van der Waals surface area contributed by atoms with E-state index in [0.29, 0.717) is 6.04 Å². The first-order valence-corrected chi connectivity index (χ1v) is 5.53. The van der Waals surface area contributed by atoms with Gasteiger partial charge in [-0.1, -0.05) is 12.1 Å². The van der Waals surface area contributed by atoms with E-state index in [0.717, 1.165) is 6.42 Å². The number of benzene rings is 1. The van der Waals surface area contributed by atoms with Crippen molar-refractivity contribution < 1.29 is 4.74 Å². The zero-order valence-corrected chi connectivity index (χ0v) is 9.92. The molecule has 82 valence electrons. The van der Waals surface area contributed by atoms with Crippen molar-refractivity contribution in [2.45, 2.75) is 39.3 Å². The normalized spacial score (nSPS) is 24.5. The van der Waals surface area contributed by atoms with Crippen LogP contribution in [0.1, 0.15) is 36.1 Å². The molecule has 1 heterocycles. The lowest BCUT2D eigenvalue weighted by molar-refractivity contribution is 0.0888. The maximum atomic E-state index is 5.58. The van der Waals surface area contributed by atoms with Crippen molar-refractivity contribution in [1.29, 1.82) is 0 Å². The van der Waals surface area contributed by atoms with E-state index in [1.165, 1.54) is 22.4 Å². The molecule has 2 unspecified atom stereocenters. The Hall–Kier alpha value is -1.02. The number of methoxy groups -OCH3 is 1. The molecule has 2 nitrogen and oxygen atoms in total. The van der Waals surface area contributed by atoms with Crippen LogP contribution < -0.4 is 5.32 Å². The highest BCUT2D eigenvalue weighted by Crippen LogP contribution is 2.38. The maximum Gasteiger partial charge on any atom is 0.0863 e. The number of anilines is 1. The van der Waals surface area contributed by atoms with E-state index in [9.17, 15) is 0 Å². The number of rotatable bonds is 1. The number of hydrogen-bond acceptors (Lipinski definition) is 2. The number of aryl methyl sites for hydroxylation is 2. The van der Waals surface area contributed by atoms with Gasteiger partial charge in [0.1, 0.15) is 0 Å². The summed E-state index contributed by atoms with van der Waals surface area (Å²) in [6.45, 7) is 6.51. The molecule has 0 fully saturated rings. The standard InChI is InChI=1S/C13H19NO/c1-8-5-6-9(2)13-12(8)11(15-4)7-10(3)14-13/h5-6,10-11,14H,7H2,1-4H3. The molecule has 2 heteroatoms. The third kappa shape index (κ3) is 1.74. The van der Waals surface area contributed by atoms with Crippen LogP contribution in [0, 0.1) is 13.8 Å². The minimum Gasteiger partial charge on any atom is -0.382 e. The molecule has 0 saturated heterocycles. The summed E-state index contributed by atoms with van der Waals surface area (Å²) < 4.78 is 5.58. The summed E-state index contributed by atoms with van der Waals surface area (Å²) in [5.41, 5.74) is 5.25. The number of hydrogen-bond donors (Lipinski definition) is 1. The lowest BCUT2D eigenvalue weighted by atomic mass is 9.90. The zero-order chi connectivity index (χ0) is 11.0. The van der Waals surface area contributed by atoms with Crippen molar-refractivity contribution in [2.24, 2.45) is 0 Å². The van der Waals surface area contributed by atoms with Gasteiger partial charge in [0.2, 0.25) is 0 Å². The van der Waals surface area contributed by atoms with Crippen LogP contribution in [0.3, 0.4) is 0 Å². The fourth-order valence-corrected chi connectivity index (χ4v) is 2.40. The van der Waals surface area contributed by atoms with E-state index in [-0.39, 0.29) is 6.10 Å². The molecule has 2 rings (SSSR count). The van der Waals surface area contributed by atoms with Crippen molar-refractivity contribution in [2.75, 3.05) is 12.4 Å². The van der Waals surface area contributed by atoms with Crippen LogP contribution in [-0.2, 0) is 4.74 Å². The highest BCUT2D eigenvalue weighted by molar-refractivity contribution is 5.63. The van der Waals surface area contributed by atoms with Gasteiger partial charge in [-0.3, -0.25) is 0 Å². The molecule has 1 aromatic rings. The molecule has 0 spiro atoms. The second-order valence-electron chi connectivity index (χ2n) is 4.49.